The first-order valence-electron chi connectivity index (χ1n) is 8.25. The van der Waals surface area contributed by atoms with Gasteiger partial charge < -0.3 is 28.9 Å². The van der Waals surface area contributed by atoms with Crippen LogP contribution in [0.2, 0.25) is 0 Å². The number of fused-ring (bicyclic) bond motifs is 1. The summed E-state index contributed by atoms with van der Waals surface area (Å²) in [5.74, 6) is 1.20. The molecule has 26 heavy (non-hydrogen) atoms. The molecule has 1 heterocycles. The number of aromatic nitrogens is 1. The van der Waals surface area contributed by atoms with Crippen LogP contribution in [0.5, 0.6) is 0 Å². The molecular formula is C20H21Cl2IN2S. The van der Waals surface area contributed by atoms with Gasteiger partial charge in [0.2, 0.25) is 5.52 Å². The summed E-state index contributed by atoms with van der Waals surface area (Å²) in [5, 5.41) is 1.23. The highest BCUT2D eigenvalue weighted by atomic mass is 127. The van der Waals surface area contributed by atoms with Crippen LogP contribution < -0.4 is 33.4 Å². The topological polar surface area (TPSA) is 7.12 Å². The summed E-state index contributed by atoms with van der Waals surface area (Å²) >= 11 is 13.6. The standard InChI is InChI=1S/C20H21Cl2N2S.HI/c1-23-18-4-2-3-5-19(18)25-20(23)11-8-16-6-9-17(10-7-16)24(14-12-21)15-13-22;/h2-11H,12-15H2,1H3;1H/q+1;/p-1. The largest absolute Gasteiger partial charge is 1.00 e. The van der Waals surface area contributed by atoms with E-state index in [4.69, 9.17) is 23.2 Å². The molecule has 0 amide bonds. The second-order valence-corrected chi connectivity index (χ2v) is 7.58. The van der Waals surface area contributed by atoms with E-state index >= 15 is 0 Å². The van der Waals surface area contributed by atoms with E-state index in [0.717, 1.165) is 18.8 Å². The molecule has 0 radical (unpaired) electrons. The molecule has 0 bridgehead atoms. The molecule has 0 spiro atoms. The van der Waals surface area contributed by atoms with Gasteiger partial charge in [0, 0.05) is 42.7 Å². The number of hydrogen-bond donors (Lipinski definition) is 0. The molecule has 6 heteroatoms. The highest BCUT2D eigenvalue weighted by molar-refractivity contribution is 7.18. The first kappa shape index (κ1) is 21.5. The molecule has 0 aliphatic heterocycles. The highest BCUT2D eigenvalue weighted by Gasteiger charge is 2.13. The van der Waals surface area contributed by atoms with Gasteiger partial charge in [-0.1, -0.05) is 35.6 Å². The van der Waals surface area contributed by atoms with Crippen LogP contribution in [-0.4, -0.2) is 24.8 Å². The van der Waals surface area contributed by atoms with Crippen LogP contribution in [0.4, 0.5) is 5.69 Å². The van der Waals surface area contributed by atoms with Crippen molar-refractivity contribution in [2.45, 2.75) is 0 Å². The Bertz CT molecular complexity index is 856. The Hall–Kier alpha value is -0.820. The van der Waals surface area contributed by atoms with Crippen LogP contribution in [0.1, 0.15) is 10.6 Å². The SMILES string of the molecule is C[n+]1c(/C=C/c2ccc(N(CCCl)CCCl)cc2)sc2ccccc21.[I-]. The second-order valence-electron chi connectivity index (χ2n) is 5.76. The van der Waals surface area contributed by atoms with Crippen LogP contribution in [-0.2, 0) is 7.05 Å². The zero-order chi connectivity index (χ0) is 17.6. The molecule has 0 N–H and O–H groups in total. The van der Waals surface area contributed by atoms with Gasteiger partial charge in [0.25, 0.3) is 5.01 Å². The molecule has 3 rings (SSSR count). The van der Waals surface area contributed by atoms with Gasteiger partial charge in [0.1, 0.15) is 11.7 Å². The van der Waals surface area contributed by atoms with Crippen molar-refractivity contribution in [2.24, 2.45) is 7.05 Å². The Morgan fingerprint density at radius 1 is 0.962 bits per heavy atom. The number of anilines is 1. The monoisotopic (exact) mass is 518 g/mol. The number of alkyl halides is 2. The molecule has 138 valence electrons. The Morgan fingerprint density at radius 2 is 1.62 bits per heavy atom. The van der Waals surface area contributed by atoms with Crippen molar-refractivity contribution >= 4 is 62.6 Å². The average molecular weight is 519 g/mol. The van der Waals surface area contributed by atoms with E-state index in [-0.39, 0.29) is 24.0 Å². The molecule has 0 unspecified atom stereocenters. The minimum Gasteiger partial charge on any atom is -1.00 e. The van der Waals surface area contributed by atoms with Crippen molar-refractivity contribution < 1.29 is 28.5 Å². The lowest BCUT2D eigenvalue weighted by atomic mass is 10.2. The summed E-state index contributed by atoms with van der Waals surface area (Å²) in [6.45, 7) is 1.61. The molecular weight excluding hydrogens is 498 g/mol. The quantitative estimate of drug-likeness (QED) is 0.264. The Morgan fingerprint density at radius 3 is 2.23 bits per heavy atom. The fraction of sp³-hybridized carbons (Fsp3) is 0.250. The van der Waals surface area contributed by atoms with E-state index in [0.29, 0.717) is 11.8 Å². The number of nitrogens with zero attached hydrogens (tertiary/aromatic N) is 2. The van der Waals surface area contributed by atoms with Crippen molar-refractivity contribution in [2.75, 3.05) is 29.7 Å². The van der Waals surface area contributed by atoms with Crippen molar-refractivity contribution in [1.29, 1.82) is 0 Å². The number of hydrogen-bond acceptors (Lipinski definition) is 2. The molecule has 3 aromatic rings. The molecule has 2 nitrogen and oxygen atoms in total. The van der Waals surface area contributed by atoms with Crippen LogP contribution >= 0.6 is 34.5 Å². The summed E-state index contributed by atoms with van der Waals surface area (Å²) in [6.07, 6.45) is 4.33. The van der Waals surface area contributed by atoms with Crippen molar-refractivity contribution in [1.82, 2.24) is 0 Å². The van der Waals surface area contributed by atoms with E-state index in [1.807, 2.05) is 0 Å². The van der Waals surface area contributed by atoms with Crippen LogP contribution in [0.25, 0.3) is 22.4 Å². The number of halogens is 3. The maximum atomic E-state index is 5.88. The lowest BCUT2D eigenvalue weighted by Gasteiger charge is -2.22. The minimum absolute atomic E-state index is 0. The molecule has 2 aromatic carbocycles. The summed E-state index contributed by atoms with van der Waals surface area (Å²) in [5.41, 5.74) is 3.60. The maximum absolute atomic E-state index is 5.88. The summed E-state index contributed by atoms with van der Waals surface area (Å²) < 4.78 is 3.53. The Labute approximate surface area is 186 Å². The predicted molar refractivity (Wildman–Crippen MR) is 112 cm³/mol. The molecule has 0 saturated carbocycles. The maximum Gasteiger partial charge on any atom is 0.262 e. The van der Waals surface area contributed by atoms with E-state index in [1.165, 1.54) is 20.8 Å². The zero-order valence-corrected chi connectivity index (χ0v) is 19.0. The normalized spacial score (nSPS) is 11.0. The Kier molecular flexibility index (Phi) is 8.67. The number of thiazole rings is 1. The molecule has 0 atom stereocenters. The van der Waals surface area contributed by atoms with E-state index < -0.39 is 0 Å². The van der Waals surface area contributed by atoms with E-state index in [2.05, 4.69) is 77.2 Å². The third kappa shape index (κ3) is 5.12. The number of benzene rings is 2. The lowest BCUT2D eigenvalue weighted by Crippen LogP contribution is -3.00. The minimum atomic E-state index is 0. The van der Waals surface area contributed by atoms with Crippen molar-refractivity contribution in [3.05, 3.63) is 59.1 Å². The first-order chi connectivity index (χ1) is 12.2. The van der Waals surface area contributed by atoms with Crippen LogP contribution in [0.15, 0.2) is 48.5 Å². The number of para-hydroxylation sites is 1. The number of aryl methyl sites for hydroxylation is 1. The Balaban J connectivity index is 0.00000243. The van der Waals surface area contributed by atoms with Crippen molar-refractivity contribution in [3.63, 3.8) is 0 Å². The summed E-state index contributed by atoms with van der Waals surface area (Å²) in [4.78, 5) is 2.21. The lowest BCUT2D eigenvalue weighted by molar-refractivity contribution is -0.642. The van der Waals surface area contributed by atoms with Gasteiger partial charge in [-0.25, -0.2) is 0 Å². The fourth-order valence-corrected chi connectivity index (χ4v) is 4.26. The van der Waals surface area contributed by atoms with Crippen LogP contribution in [0.3, 0.4) is 0 Å². The van der Waals surface area contributed by atoms with Crippen molar-refractivity contribution in [3.8, 4) is 0 Å². The van der Waals surface area contributed by atoms with Gasteiger partial charge in [-0.15, -0.1) is 23.2 Å². The number of rotatable bonds is 7. The molecule has 0 saturated heterocycles. The third-order valence-corrected chi connectivity index (χ3v) is 5.68. The zero-order valence-electron chi connectivity index (χ0n) is 14.5. The van der Waals surface area contributed by atoms with Gasteiger partial charge in [-0.3, -0.25) is 0 Å². The smallest absolute Gasteiger partial charge is 0.262 e. The van der Waals surface area contributed by atoms with Gasteiger partial charge >= 0.3 is 0 Å². The third-order valence-electron chi connectivity index (χ3n) is 4.16. The first-order valence-corrected chi connectivity index (χ1v) is 10.1. The second kappa shape index (κ2) is 10.5. The van der Waals surface area contributed by atoms with Gasteiger partial charge in [-0.2, -0.15) is 4.57 Å². The van der Waals surface area contributed by atoms with Gasteiger partial charge in [-0.05, 0) is 29.8 Å². The molecule has 0 fully saturated rings. The molecule has 0 aliphatic carbocycles. The van der Waals surface area contributed by atoms with E-state index in [1.54, 1.807) is 11.3 Å². The van der Waals surface area contributed by atoms with Gasteiger partial charge in [0.15, 0.2) is 0 Å². The average Bonchev–Trinajstić information content (AvgIpc) is 2.97. The summed E-state index contributed by atoms with van der Waals surface area (Å²) in [7, 11) is 2.11. The molecule has 1 aromatic heterocycles. The summed E-state index contributed by atoms with van der Waals surface area (Å²) in [6, 6.07) is 17.0. The van der Waals surface area contributed by atoms with Gasteiger partial charge in [0.05, 0.1) is 0 Å². The predicted octanol–water partition coefficient (Wildman–Crippen LogP) is 2.18. The molecule has 0 aliphatic rings. The van der Waals surface area contributed by atoms with Crippen LogP contribution in [0, 0.1) is 0 Å². The van der Waals surface area contributed by atoms with E-state index in [9.17, 15) is 0 Å². The highest BCUT2D eigenvalue weighted by Crippen LogP contribution is 2.22. The fourth-order valence-electron chi connectivity index (χ4n) is 2.80.